The summed E-state index contributed by atoms with van der Waals surface area (Å²) >= 11 is 0. The zero-order valence-corrected chi connectivity index (χ0v) is 10.8. The van der Waals surface area contributed by atoms with E-state index in [0.717, 1.165) is 0 Å². The minimum Gasteiger partial charge on any atom is -0.391 e. The van der Waals surface area contributed by atoms with Gasteiger partial charge in [-0.25, -0.2) is 0 Å². The SMILES string of the molecule is COCC(O)CCNC(=O)CC(C)C(C)C. The van der Waals surface area contributed by atoms with E-state index in [4.69, 9.17) is 4.74 Å². The van der Waals surface area contributed by atoms with E-state index in [2.05, 4.69) is 26.1 Å². The number of aliphatic hydroxyl groups is 1. The average Bonchev–Trinajstić information content (AvgIpc) is 2.17. The molecule has 0 radical (unpaired) electrons. The van der Waals surface area contributed by atoms with Crippen molar-refractivity contribution in [1.82, 2.24) is 5.32 Å². The molecular formula is C12H25NO3. The fourth-order valence-electron chi connectivity index (χ4n) is 1.25. The van der Waals surface area contributed by atoms with Crippen LogP contribution in [0.4, 0.5) is 0 Å². The molecule has 0 fully saturated rings. The highest BCUT2D eigenvalue weighted by molar-refractivity contribution is 5.76. The molecule has 96 valence electrons. The van der Waals surface area contributed by atoms with Crippen molar-refractivity contribution in [2.45, 2.75) is 39.7 Å². The van der Waals surface area contributed by atoms with Gasteiger partial charge in [0.2, 0.25) is 5.91 Å². The zero-order valence-electron chi connectivity index (χ0n) is 10.8. The van der Waals surface area contributed by atoms with Crippen molar-refractivity contribution in [2.75, 3.05) is 20.3 Å². The van der Waals surface area contributed by atoms with Crippen LogP contribution in [-0.4, -0.2) is 37.4 Å². The van der Waals surface area contributed by atoms with Crippen LogP contribution in [0, 0.1) is 11.8 Å². The first kappa shape index (κ1) is 15.4. The maximum atomic E-state index is 11.5. The van der Waals surface area contributed by atoms with Gasteiger partial charge >= 0.3 is 0 Å². The number of methoxy groups -OCH3 is 1. The van der Waals surface area contributed by atoms with Gasteiger partial charge in [-0.15, -0.1) is 0 Å². The van der Waals surface area contributed by atoms with Crippen molar-refractivity contribution in [3.05, 3.63) is 0 Å². The minimum atomic E-state index is -0.493. The number of carbonyl (C=O) groups excluding carboxylic acids is 1. The number of ether oxygens (including phenoxy) is 1. The zero-order chi connectivity index (χ0) is 12.6. The van der Waals surface area contributed by atoms with Crippen LogP contribution in [0.3, 0.4) is 0 Å². The summed E-state index contributed by atoms with van der Waals surface area (Å²) in [5.74, 6) is 0.972. The second-order valence-corrected chi connectivity index (χ2v) is 4.67. The standard InChI is InChI=1S/C12H25NO3/c1-9(2)10(3)7-12(15)13-6-5-11(14)8-16-4/h9-11,14H,5-8H2,1-4H3,(H,13,15). The van der Waals surface area contributed by atoms with Crippen molar-refractivity contribution in [2.24, 2.45) is 11.8 Å². The van der Waals surface area contributed by atoms with Gasteiger partial charge in [-0.2, -0.15) is 0 Å². The van der Waals surface area contributed by atoms with Crippen LogP contribution in [-0.2, 0) is 9.53 Å². The van der Waals surface area contributed by atoms with Gasteiger partial charge in [0.15, 0.2) is 0 Å². The topological polar surface area (TPSA) is 58.6 Å². The van der Waals surface area contributed by atoms with E-state index in [9.17, 15) is 9.90 Å². The lowest BCUT2D eigenvalue weighted by atomic mass is 9.94. The number of hydrogen-bond donors (Lipinski definition) is 2. The Morgan fingerprint density at radius 3 is 2.50 bits per heavy atom. The van der Waals surface area contributed by atoms with Crippen LogP contribution in [0.5, 0.6) is 0 Å². The van der Waals surface area contributed by atoms with Gasteiger partial charge in [0, 0.05) is 20.1 Å². The molecule has 0 saturated heterocycles. The Bertz CT molecular complexity index is 195. The van der Waals surface area contributed by atoms with Crippen molar-refractivity contribution in [3.8, 4) is 0 Å². The van der Waals surface area contributed by atoms with Crippen LogP contribution in [0.1, 0.15) is 33.6 Å². The summed E-state index contributed by atoms with van der Waals surface area (Å²) in [6.07, 6.45) is 0.598. The van der Waals surface area contributed by atoms with E-state index >= 15 is 0 Å². The Kier molecular flexibility index (Phi) is 8.21. The molecule has 4 nitrogen and oxygen atoms in total. The van der Waals surface area contributed by atoms with Crippen molar-refractivity contribution >= 4 is 5.91 Å². The number of aliphatic hydroxyl groups excluding tert-OH is 1. The van der Waals surface area contributed by atoms with Gasteiger partial charge in [0.1, 0.15) is 0 Å². The van der Waals surface area contributed by atoms with Gasteiger partial charge in [-0.05, 0) is 18.3 Å². The van der Waals surface area contributed by atoms with Crippen LogP contribution < -0.4 is 5.32 Å². The lowest BCUT2D eigenvalue weighted by molar-refractivity contribution is -0.122. The van der Waals surface area contributed by atoms with Gasteiger partial charge < -0.3 is 15.2 Å². The molecule has 0 aliphatic carbocycles. The molecule has 1 amide bonds. The Balaban J connectivity index is 3.58. The number of nitrogens with one attached hydrogen (secondary N) is 1. The molecule has 16 heavy (non-hydrogen) atoms. The Morgan fingerprint density at radius 1 is 1.38 bits per heavy atom. The van der Waals surface area contributed by atoms with Crippen LogP contribution in [0.25, 0.3) is 0 Å². The maximum absolute atomic E-state index is 11.5. The lowest BCUT2D eigenvalue weighted by Gasteiger charge is -2.15. The largest absolute Gasteiger partial charge is 0.391 e. The normalized spacial score (nSPS) is 14.9. The molecule has 0 rings (SSSR count). The molecular weight excluding hydrogens is 206 g/mol. The van der Waals surface area contributed by atoms with E-state index in [1.807, 2.05) is 0 Å². The highest BCUT2D eigenvalue weighted by Crippen LogP contribution is 2.13. The van der Waals surface area contributed by atoms with Crippen molar-refractivity contribution < 1.29 is 14.6 Å². The third-order valence-corrected chi connectivity index (χ3v) is 2.80. The maximum Gasteiger partial charge on any atom is 0.220 e. The predicted octanol–water partition coefficient (Wildman–Crippen LogP) is 1.18. The summed E-state index contributed by atoms with van der Waals surface area (Å²) < 4.78 is 4.79. The smallest absolute Gasteiger partial charge is 0.220 e. The molecule has 2 N–H and O–H groups in total. The van der Waals surface area contributed by atoms with Crippen LogP contribution in [0.15, 0.2) is 0 Å². The molecule has 0 heterocycles. The first-order valence-corrected chi connectivity index (χ1v) is 5.91. The van der Waals surface area contributed by atoms with Crippen LogP contribution in [0.2, 0.25) is 0 Å². The molecule has 0 aromatic heterocycles. The quantitative estimate of drug-likeness (QED) is 0.659. The van der Waals surface area contributed by atoms with E-state index in [1.165, 1.54) is 0 Å². The number of carbonyl (C=O) groups is 1. The highest BCUT2D eigenvalue weighted by atomic mass is 16.5. The molecule has 2 unspecified atom stereocenters. The Morgan fingerprint density at radius 2 is 2.00 bits per heavy atom. The Labute approximate surface area is 98.4 Å². The van der Waals surface area contributed by atoms with E-state index in [1.54, 1.807) is 7.11 Å². The predicted molar refractivity (Wildman–Crippen MR) is 64.1 cm³/mol. The fourth-order valence-corrected chi connectivity index (χ4v) is 1.25. The second-order valence-electron chi connectivity index (χ2n) is 4.67. The molecule has 0 saturated carbocycles. The molecule has 0 spiro atoms. The summed E-state index contributed by atoms with van der Waals surface area (Å²) in [6.45, 7) is 7.12. The number of rotatable bonds is 8. The molecule has 4 heteroatoms. The lowest BCUT2D eigenvalue weighted by Crippen LogP contribution is -2.30. The summed E-state index contributed by atoms with van der Waals surface area (Å²) in [6, 6.07) is 0. The molecule has 0 bridgehead atoms. The van der Waals surface area contributed by atoms with Crippen LogP contribution >= 0.6 is 0 Å². The third kappa shape index (κ3) is 7.65. The molecule has 0 aliphatic rings. The fraction of sp³-hybridized carbons (Fsp3) is 0.917. The highest BCUT2D eigenvalue weighted by Gasteiger charge is 2.12. The minimum absolute atomic E-state index is 0.0609. The van der Waals surface area contributed by atoms with Gasteiger partial charge in [0.05, 0.1) is 12.7 Å². The summed E-state index contributed by atoms with van der Waals surface area (Å²) in [5, 5.41) is 12.2. The molecule has 0 aromatic rings. The van der Waals surface area contributed by atoms with Gasteiger partial charge in [-0.1, -0.05) is 20.8 Å². The van der Waals surface area contributed by atoms with E-state index < -0.39 is 6.10 Å². The Hall–Kier alpha value is -0.610. The van der Waals surface area contributed by atoms with Crippen molar-refractivity contribution in [3.63, 3.8) is 0 Å². The van der Waals surface area contributed by atoms with E-state index in [0.29, 0.717) is 37.8 Å². The van der Waals surface area contributed by atoms with E-state index in [-0.39, 0.29) is 5.91 Å². The monoisotopic (exact) mass is 231 g/mol. The molecule has 0 aromatic carbocycles. The van der Waals surface area contributed by atoms with Crippen molar-refractivity contribution in [1.29, 1.82) is 0 Å². The summed E-state index contributed by atoms with van der Waals surface area (Å²) in [4.78, 5) is 11.5. The van der Waals surface area contributed by atoms with Gasteiger partial charge in [-0.3, -0.25) is 4.79 Å². The summed E-state index contributed by atoms with van der Waals surface area (Å²) in [7, 11) is 1.55. The second kappa shape index (κ2) is 8.53. The average molecular weight is 231 g/mol. The number of amides is 1. The first-order valence-electron chi connectivity index (χ1n) is 5.91. The molecule has 2 atom stereocenters. The number of hydrogen-bond acceptors (Lipinski definition) is 3. The molecule has 0 aliphatic heterocycles. The van der Waals surface area contributed by atoms with Gasteiger partial charge in [0.25, 0.3) is 0 Å². The third-order valence-electron chi connectivity index (χ3n) is 2.80. The first-order chi connectivity index (χ1) is 7.47. The summed E-state index contributed by atoms with van der Waals surface area (Å²) in [5.41, 5.74) is 0.